The molecule has 4 heteroatoms. The van der Waals surface area contributed by atoms with E-state index in [0.717, 1.165) is 24.1 Å². The summed E-state index contributed by atoms with van der Waals surface area (Å²) in [6.45, 7) is 6.73. The van der Waals surface area contributed by atoms with Crippen LogP contribution in [0.2, 0.25) is 0 Å². The highest BCUT2D eigenvalue weighted by Gasteiger charge is 2.02. The number of amides is 1. The number of hydrogen-bond donors (Lipinski definition) is 2. The van der Waals surface area contributed by atoms with E-state index < -0.39 is 0 Å². The average Bonchev–Trinajstić information content (AvgIpc) is 2.40. The van der Waals surface area contributed by atoms with Gasteiger partial charge in [-0.05, 0) is 31.4 Å². The summed E-state index contributed by atoms with van der Waals surface area (Å²) in [5.41, 5.74) is 1.87. The van der Waals surface area contributed by atoms with Crippen LogP contribution in [0.15, 0.2) is 18.3 Å². The Labute approximate surface area is 111 Å². The van der Waals surface area contributed by atoms with Crippen molar-refractivity contribution in [3.05, 3.63) is 29.6 Å². The van der Waals surface area contributed by atoms with Gasteiger partial charge in [-0.2, -0.15) is 0 Å². The van der Waals surface area contributed by atoms with Crippen molar-refractivity contribution in [1.29, 1.82) is 0 Å². The van der Waals surface area contributed by atoms with Gasteiger partial charge in [0.25, 0.3) is 0 Å². The molecule has 0 bridgehead atoms. The first-order valence-corrected chi connectivity index (χ1v) is 6.57. The molecular formula is C14H26N2O2. The zero-order valence-electron chi connectivity index (χ0n) is 11.6. The molecule has 0 saturated heterocycles. The maximum absolute atomic E-state index is 11.3. The van der Waals surface area contributed by atoms with Crippen LogP contribution in [0.1, 0.15) is 39.9 Å². The maximum atomic E-state index is 11.3. The van der Waals surface area contributed by atoms with Gasteiger partial charge in [-0.3, -0.25) is 9.78 Å². The second kappa shape index (κ2) is 10.7. The number of pyridine rings is 1. The summed E-state index contributed by atoms with van der Waals surface area (Å²) in [6.07, 6.45) is 3.60. The van der Waals surface area contributed by atoms with Crippen LogP contribution in [0.3, 0.4) is 0 Å². The topological polar surface area (TPSA) is 62.2 Å². The highest BCUT2D eigenvalue weighted by atomic mass is 16.2. The highest BCUT2D eigenvalue weighted by molar-refractivity contribution is 5.78. The van der Waals surface area contributed by atoms with Gasteiger partial charge in [0.05, 0.1) is 6.42 Å². The molecule has 0 aliphatic rings. The van der Waals surface area contributed by atoms with Crippen LogP contribution in [-0.2, 0) is 17.6 Å². The molecule has 2 N–H and O–H groups in total. The Morgan fingerprint density at radius 2 is 2.17 bits per heavy atom. The van der Waals surface area contributed by atoms with Crippen LogP contribution in [0.5, 0.6) is 0 Å². The fourth-order valence-electron chi connectivity index (χ4n) is 1.41. The number of nitrogens with one attached hydrogen (secondary N) is 1. The van der Waals surface area contributed by atoms with Gasteiger partial charge in [0.15, 0.2) is 0 Å². The molecule has 0 spiro atoms. The summed E-state index contributed by atoms with van der Waals surface area (Å²) in [4.78, 5) is 15.5. The van der Waals surface area contributed by atoms with Crippen molar-refractivity contribution in [3.8, 4) is 0 Å². The van der Waals surface area contributed by atoms with Crippen molar-refractivity contribution in [1.82, 2.24) is 10.3 Å². The van der Waals surface area contributed by atoms with Crippen LogP contribution < -0.4 is 5.32 Å². The fraction of sp³-hybridized carbons (Fsp3) is 0.571. The molecule has 0 atom stereocenters. The molecule has 1 aromatic heterocycles. The third-order valence-electron chi connectivity index (χ3n) is 2.22. The summed E-state index contributed by atoms with van der Waals surface area (Å²) in [7, 11) is 0. The van der Waals surface area contributed by atoms with E-state index >= 15 is 0 Å². The Kier molecular flexibility index (Phi) is 9.87. The molecule has 0 saturated carbocycles. The van der Waals surface area contributed by atoms with Crippen LogP contribution in [0, 0.1) is 0 Å². The summed E-state index contributed by atoms with van der Waals surface area (Å²) < 4.78 is 0. The summed E-state index contributed by atoms with van der Waals surface area (Å²) in [5, 5.41) is 11.4. The standard InChI is InChI=1S/C12H18N2O2.C2H6.H2/c1-2-13-12(16)8-10-5-6-11(14-9-10)4-3-7-15;1-2;/h5-6,9,15H,2-4,7-8H2,1H3,(H,13,16);1-2H3;1H. The van der Waals surface area contributed by atoms with E-state index in [2.05, 4.69) is 10.3 Å². The van der Waals surface area contributed by atoms with Crippen LogP contribution >= 0.6 is 0 Å². The van der Waals surface area contributed by atoms with Gasteiger partial charge in [-0.1, -0.05) is 19.9 Å². The lowest BCUT2D eigenvalue weighted by molar-refractivity contribution is -0.120. The number of hydrogen-bond acceptors (Lipinski definition) is 3. The van der Waals surface area contributed by atoms with Crippen molar-refractivity contribution in [2.24, 2.45) is 0 Å². The Morgan fingerprint density at radius 3 is 2.67 bits per heavy atom. The SMILES string of the molecule is CC.CCNC(=O)Cc1ccc(CCCO)nc1.[HH]. The molecule has 4 nitrogen and oxygen atoms in total. The number of likely N-dealkylation sites (N-methyl/N-ethyl adjacent to an activating group) is 1. The molecule has 0 aliphatic carbocycles. The number of carbonyl (C=O) groups excluding carboxylic acids is 1. The van der Waals surface area contributed by atoms with Crippen molar-refractivity contribution in [2.45, 2.75) is 40.0 Å². The molecule has 1 rings (SSSR count). The number of aryl methyl sites for hydroxylation is 1. The fourth-order valence-corrected chi connectivity index (χ4v) is 1.41. The molecule has 1 aromatic rings. The first kappa shape index (κ1) is 16.6. The van der Waals surface area contributed by atoms with Crippen molar-refractivity contribution < 1.29 is 11.3 Å². The van der Waals surface area contributed by atoms with E-state index in [4.69, 9.17) is 5.11 Å². The van der Waals surface area contributed by atoms with Crippen molar-refractivity contribution in [2.75, 3.05) is 13.2 Å². The lowest BCUT2D eigenvalue weighted by atomic mass is 10.1. The van der Waals surface area contributed by atoms with Crippen molar-refractivity contribution >= 4 is 5.91 Å². The maximum Gasteiger partial charge on any atom is 0.224 e. The molecule has 1 heterocycles. The molecule has 0 radical (unpaired) electrons. The first-order valence-electron chi connectivity index (χ1n) is 6.57. The lowest BCUT2D eigenvalue weighted by Gasteiger charge is -2.03. The molecule has 0 aliphatic heterocycles. The van der Waals surface area contributed by atoms with E-state index in [9.17, 15) is 4.79 Å². The molecule has 0 fully saturated rings. The van der Waals surface area contributed by atoms with E-state index in [0.29, 0.717) is 13.0 Å². The van der Waals surface area contributed by atoms with Crippen LogP contribution in [0.25, 0.3) is 0 Å². The predicted molar refractivity (Wildman–Crippen MR) is 75.5 cm³/mol. The lowest BCUT2D eigenvalue weighted by Crippen LogP contribution is -2.24. The van der Waals surface area contributed by atoms with E-state index in [1.54, 1.807) is 6.20 Å². The number of carbonyl (C=O) groups is 1. The summed E-state index contributed by atoms with van der Waals surface area (Å²) >= 11 is 0. The minimum absolute atomic E-state index is 0. The van der Waals surface area contributed by atoms with Crippen LogP contribution in [-0.4, -0.2) is 29.1 Å². The second-order valence-electron chi connectivity index (χ2n) is 3.62. The van der Waals surface area contributed by atoms with Gasteiger partial charge >= 0.3 is 0 Å². The molecule has 0 unspecified atom stereocenters. The van der Waals surface area contributed by atoms with Gasteiger partial charge in [0.1, 0.15) is 0 Å². The molecule has 18 heavy (non-hydrogen) atoms. The minimum Gasteiger partial charge on any atom is -0.396 e. The Hall–Kier alpha value is -1.42. The van der Waals surface area contributed by atoms with Gasteiger partial charge in [-0.15, -0.1) is 0 Å². The smallest absolute Gasteiger partial charge is 0.224 e. The third-order valence-corrected chi connectivity index (χ3v) is 2.22. The first-order chi connectivity index (χ1) is 8.76. The summed E-state index contributed by atoms with van der Waals surface area (Å²) in [5.74, 6) is 0.0207. The second-order valence-corrected chi connectivity index (χ2v) is 3.62. The Bertz CT molecular complexity index is 329. The van der Waals surface area contributed by atoms with E-state index in [1.165, 1.54) is 0 Å². The molecule has 1 amide bonds. The quantitative estimate of drug-likeness (QED) is 0.815. The predicted octanol–water partition coefficient (Wildman–Crippen LogP) is 1.96. The van der Waals surface area contributed by atoms with Gasteiger partial charge in [-0.25, -0.2) is 0 Å². The van der Waals surface area contributed by atoms with Crippen LogP contribution in [0.4, 0.5) is 0 Å². The molecular weight excluding hydrogens is 228 g/mol. The number of aromatic nitrogens is 1. The molecule has 0 aromatic carbocycles. The van der Waals surface area contributed by atoms with Gasteiger partial charge in [0, 0.05) is 26.5 Å². The van der Waals surface area contributed by atoms with Crippen molar-refractivity contribution in [3.63, 3.8) is 0 Å². The monoisotopic (exact) mass is 254 g/mol. The Morgan fingerprint density at radius 1 is 1.44 bits per heavy atom. The largest absolute Gasteiger partial charge is 0.396 e. The zero-order chi connectivity index (χ0) is 13.8. The third kappa shape index (κ3) is 7.01. The highest BCUT2D eigenvalue weighted by Crippen LogP contribution is 2.03. The number of aliphatic hydroxyl groups is 1. The average molecular weight is 254 g/mol. The number of aliphatic hydroxyl groups excluding tert-OH is 1. The number of nitrogens with zero attached hydrogens (tertiary/aromatic N) is 1. The number of rotatable bonds is 6. The normalized spacial score (nSPS) is 9.33. The summed E-state index contributed by atoms with van der Waals surface area (Å²) in [6, 6.07) is 3.82. The molecule has 104 valence electrons. The van der Waals surface area contributed by atoms with E-state index in [1.807, 2.05) is 32.9 Å². The Balaban J connectivity index is 0. The van der Waals surface area contributed by atoms with Gasteiger partial charge < -0.3 is 10.4 Å². The van der Waals surface area contributed by atoms with Gasteiger partial charge in [0.2, 0.25) is 5.91 Å². The van der Waals surface area contributed by atoms with E-state index in [-0.39, 0.29) is 13.9 Å². The minimum atomic E-state index is 0. The zero-order valence-corrected chi connectivity index (χ0v) is 11.6.